The third kappa shape index (κ3) is 3.14. The number of aryl methyl sites for hydroxylation is 1. The molecule has 2 fully saturated rings. The summed E-state index contributed by atoms with van der Waals surface area (Å²) in [6, 6.07) is 0.173. The van der Waals surface area contributed by atoms with E-state index in [1.54, 1.807) is 11.3 Å². The van der Waals surface area contributed by atoms with Crippen LogP contribution in [0.5, 0.6) is 0 Å². The van der Waals surface area contributed by atoms with Gasteiger partial charge in [-0.05, 0) is 44.4 Å². The maximum Gasteiger partial charge on any atom is 0.317 e. The van der Waals surface area contributed by atoms with E-state index in [-0.39, 0.29) is 12.1 Å². The van der Waals surface area contributed by atoms with E-state index in [2.05, 4.69) is 15.7 Å². The molecule has 5 heteroatoms. The Kier molecular flexibility index (Phi) is 3.96. The third-order valence-corrected chi connectivity index (χ3v) is 5.42. The van der Waals surface area contributed by atoms with E-state index in [0.29, 0.717) is 11.8 Å². The predicted molar refractivity (Wildman–Crippen MR) is 80.8 cm³/mol. The fraction of sp³-hybridized carbons (Fsp3) is 0.733. The zero-order valence-electron chi connectivity index (χ0n) is 12.3. The molecular formula is C15H23N3OS. The van der Waals surface area contributed by atoms with Gasteiger partial charge >= 0.3 is 6.03 Å². The van der Waals surface area contributed by atoms with Crippen LogP contribution in [0, 0.1) is 18.8 Å². The Hall–Kier alpha value is -1.10. The molecule has 1 aromatic heterocycles. The standard InChI is InChI=1S/C15H23N3OS/c1-10-9-20-14(16-10)13(12-6-7-12)17-15(19)18(2)8-11-4-3-5-11/h9,11-13H,3-8H2,1-2H3,(H,17,19)/t13-/m1/s1. The molecule has 2 saturated carbocycles. The molecule has 20 heavy (non-hydrogen) atoms. The second kappa shape index (κ2) is 5.72. The number of aromatic nitrogens is 1. The zero-order chi connectivity index (χ0) is 14.1. The van der Waals surface area contributed by atoms with Crippen LogP contribution in [0.1, 0.15) is 48.8 Å². The van der Waals surface area contributed by atoms with Crippen LogP contribution in [0.4, 0.5) is 4.79 Å². The number of thiazole rings is 1. The van der Waals surface area contributed by atoms with E-state index in [9.17, 15) is 4.79 Å². The minimum Gasteiger partial charge on any atom is -0.328 e. The highest BCUT2D eigenvalue weighted by Gasteiger charge is 2.36. The van der Waals surface area contributed by atoms with Crippen molar-refractivity contribution in [3.05, 3.63) is 16.1 Å². The first-order chi connectivity index (χ1) is 9.63. The van der Waals surface area contributed by atoms with Crippen molar-refractivity contribution in [2.75, 3.05) is 13.6 Å². The molecule has 2 amide bonds. The van der Waals surface area contributed by atoms with Gasteiger partial charge < -0.3 is 10.2 Å². The first kappa shape index (κ1) is 13.9. The van der Waals surface area contributed by atoms with Gasteiger partial charge in [-0.15, -0.1) is 11.3 Å². The lowest BCUT2D eigenvalue weighted by molar-refractivity contribution is 0.178. The number of nitrogens with one attached hydrogen (secondary N) is 1. The van der Waals surface area contributed by atoms with Gasteiger partial charge in [-0.25, -0.2) is 9.78 Å². The van der Waals surface area contributed by atoms with Crippen molar-refractivity contribution >= 4 is 17.4 Å². The number of amides is 2. The van der Waals surface area contributed by atoms with Gasteiger partial charge in [-0.3, -0.25) is 0 Å². The van der Waals surface area contributed by atoms with E-state index >= 15 is 0 Å². The quantitative estimate of drug-likeness (QED) is 0.905. The molecule has 0 unspecified atom stereocenters. The van der Waals surface area contributed by atoms with Crippen molar-refractivity contribution in [2.45, 2.75) is 45.1 Å². The van der Waals surface area contributed by atoms with Gasteiger partial charge in [0.05, 0.1) is 6.04 Å². The molecule has 1 atom stereocenters. The summed E-state index contributed by atoms with van der Waals surface area (Å²) in [6.07, 6.45) is 6.28. The number of urea groups is 1. The van der Waals surface area contributed by atoms with Gasteiger partial charge in [0, 0.05) is 24.7 Å². The lowest BCUT2D eigenvalue weighted by atomic mass is 9.85. The van der Waals surface area contributed by atoms with Crippen LogP contribution in [0.25, 0.3) is 0 Å². The topological polar surface area (TPSA) is 45.2 Å². The van der Waals surface area contributed by atoms with Gasteiger partial charge in [0.2, 0.25) is 0 Å². The zero-order valence-corrected chi connectivity index (χ0v) is 13.1. The highest BCUT2D eigenvalue weighted by Crippen LogP contribution is 2.42. The molecule has 4 nitrogen and oxygen atoms in total. The number of hydrogen-bond acceptors (Lipinski definition) is 3. The number of hydrogen-bond donors (Lipinski definition) is 1. The van der Waals surface area contributed by atoms with Gasteiger partial charge in [-0.1, -0.05) is 6.42 Å². The van der Waals surface area contributed by atoms with Gasteiger partial charge in [0.1, 0.15) is 5.01 Å². The molecule has 1 N–H and O–H groups in total. The first-order valence-corrected chi connectivity index (χ1v) is 8.45. The summed E-state index contributed by atoms with van der Waals surface area (Å²) in [4.78, 5) is 18.7. The minimum absolute atomic E-state index is 0.0571. The molecule has 0 saturated heterocycles. The molecule has 0 aromatic carbocycles. The highest BCUT2D eigenvalue weighted by molar-refractivity contribution is 7.09. The van der Waals surface area contributed by atoms with Gasteiger partial charge in [0.25, 0.3) is 0 Å². The van der Waals surface area contributed by atoms with Crippen LogP contribution < -0.4 is 5.32 Å². The number of carbonyl (C=O) groups excluding carboxylic acids is 1. The molecule has 0 bridgehead atoms. The lowest BCUT2D eigenvalue weighted by Gasteiger charge is -2.31. The molecule has 110 valence electrons. The number of carbonyl (C=O) groups is 1. The van der Waals surface area contributed by atoms with Crippen LogP contribution in [0.2, 0.25) is 0 Å². The van der Waals surface area contributed by atoms with E-state index in [4.69, 9.17) is 0 Å². The van der Waals surface area contributed by atoms with Crippen molar-refractivity contribution in [1.29, 1.82) is 0 Å². The first-order valence-electron chi connectivity index (χ1n) is 7.57. The van der Waals surface area contributed by atoms with Crippen LogP contribution in [-0.4, -0.2) is 29.5 Å². The normalized spacial score (nSPS) is 20.3. The molecule has 0 spiro atoms. The molecule has 2 aliphatic rings. The Bertz CT molecular complexity index is 479. The average molecular weight is 293 g/mol. The summed E-state index contributed by atoms with van der Waals surface area (Å²) >= 11 is 1.66. The van der Waals surface area contributed by atoms with Crippen LogP contribution in [0.15, 0.2) is 5.38 Å². The average Bonchev–Trinajstić information content (AvgIpc) is 3.12. The molecule has 2 aliphatic carbocycles. The Morgan fingerprint density at radius 3 is 2.75 bits per heavy atom. The fourth-order valence-electron chi connectivity index (χ4n) is 2.71. The monoisotopic (exact) mass is 293 g/mol. The summed E-state index contributed by atoms with van der Waals surface area (Å²) in [7, 11) is 1.91. The van der Waals surface area contributed by atoms with Crippen LogP contribution in [0.3, 0.4) is 0 Å². The lowest BCUT2D eigenvalue weighted by Crippen LogP contribution is -2.43. The van der Waals surface area contributed by atoms with Gasteiger partial charge in [-0.2, -0.15) is 0 Å². The summed E-state index contributed by atoms with van der Waals surface area (Å²) in [6.45, 7) is 2.90. The SMILES string of the molecule is Cc1csc([C@H](NC(=O)N(C)CC2CCC2)C2CC2)n1. The molecule has 1 heterocycles. The van der Waals surface area contributed by atoms with Crippen molar-refractivity contribution in [1.82, 2.24) is 15.2 Å². The fourth-order valence-corrected chi connectivity index (χ4v) is 3.65. The smallest absolute Gasteiger partial charge is 0.317 e. The minimum atomic E-state index is 0.0571. The molecule has 0 radical (unpaired) electrons. The maximum atomic E-state index is 12.3. The molecule has 1 aromatic rings. The van der Waals surface area contributed by atoms with Crippen LogP contribution >= 0.6 is 11.3 Å². The Balaban J connectivity index is 1.59. The molecular weight excluding hydrogens is 270 g/mol. The summed E-state index contributed by atoms with van der Waals surface area (Å²) in [5.41, 5.74) is 1.05. The molecule has 0 aliphatic heterocycles. The van der Waals surface area contributed by atoms with Crippen molar-refractivity contribution < 1.29 is 4.79 Å². The van der Waals surface area contributed by atoms with Crippen LogP contribution in [-0.2, 0) is 0 Å². The highest BCUT2D eigenvalue weighted by atomic mass is 32.1. The predicted octanol–water partition coefficient (Wildman–Crippen LogP) is 3.34. The van der Waals surface area contributed by atoms with Gasteiger partial charge in [0.15, 0.2) is 0 Å². The van der Waals surface area contributed by atoms with Crippen molar-refractivity contribution in [2.24, 2.45) is 11.8 Å². The summed E-state index contributed by atoms with van der Waals surface area (Å²) < 4.78 is 0. The van der Waals surface area contributed by atoms with Crippen molar-refractivity contribution in [3.8, 4) is 0 Å². The van der Waals surface area contributed by atoms with E-state index in [1.807, 2.05) is 18.9 Å². The summed E-state index contributed by atoms with van der Waals surface area (Å²) in [5.74, 6) is 1.30. The number of nitrogens with zero attached hydrogens (tertiary/aromatic N) is 2. The summed E-state index contributed by atoms with van der Waals surface area (Å²) in [5, 5.41) is 6.33. The largest absolute Gasteiger partial charge is 0.328 e. The Morgan fingerprint density at radius 1 is 1.50 bits per heavy atom. The second-order valence-corrected chi connectivity index (χ2v) is 7.16. The van der Waals surface area contributed by atoms with Crippen molar-refractivity contribution in [3.63, 3.8) is 0 Å². The molecule has 3 rings (SSSR count). The Labute approximate surface area is 124 Å². The van der Waals surface area contributed by atoms with E-state index in [1.165, 1.54) is 32.1 Å². The Morgan fingerprint density at radius 2 is 2.25 bits per heavy atom. The number of rotatable bonds is 5. The second-order valence-electron chi connectivity index (χ2n) is 6.27. The third-order valence-electron chi connectivity index (χ3n) is 4.38. The van der Waals surface area contributed by atoms with E-state index in [0.717, 1.165) is 17.2 Å². The van der Waals surface area contributed by atoms with E-state index < -0.39 is 0 Å². The maximum absolute atomic E-state index is 12.3.